The molecule has 1 aliphatic carbocycles. The number of hydrogen-bond acceptors (Lipinski definition) is 4. The Morgan fingerprint density at radius 2 is 2.05 bits per heavy atom. The van der Waals surface area contributed by atoms with E-state index in [1.54, 1.807) is 0 Å². The summed E-state index contributed by atoms with van der Waals surface area (Å²) in [6.45, 7) is 0.448. The third kappa shape index (κ3) is 2.92. The van der Waals surface area contributed by atoms with Crippen LogP contribution in [-0.2, 0) is 20.9 Å². The molecule has 1 aromatic rings. The molecule has 2 fully saturated rings. The van der Waals surface area contributed by atoms with Crippen molar-refractivity contribution in [2.75, 3.05) is 13.2 Å². The van der Waals surface area contributed by atoms with Crippen LogP contribution in [0.3, 0.4) is 0 Å². The molecule has 2 aliphatic rings. The van der Waals surface area contributed by atoms with Gasteiger partial charge < -0.3 is 14.6 Å². The van der Waals surface area contributed by atoms with E-state index in [1.807, 2.05) is 30.3 Å². The van der Waals surface area contributed by atoms with Gasteiger partial charge in [0.25, 0.3) is 0 Å². The molecule has 1 saturated heterocycles. The number of carboxylic acids is 1. The van der Waals surface area contributed by atoms with Crippen LogP contribution < -0.4 is 0 Å². The standard InChI is InChI=1S/C16H19NO5/c18-14(19)13-10-22-16(7-4-8-16)11-17(13)15(20)21-9-12-5-2-1-3-6-12/h1-3,5-6,13H,4,7-11H2,(H,18,19). The van der Waals surface area contributed by atoms with Crippen LogP contribution in [0.15, 0.2) is 30.3 Å². The van der Waals surface area contributed by atoms with Crippen molar-refractivity contribution in [1.29, 1.82) is 0 Å². The molecule has 3 rings (SSSR count). The largest absolute Gasteiger partial charge is 0.480 e. The van der Waals surface area contributed by atoms with E-state index in [0.29, 0.717) is 0 Å². The molecule has 1 unspecified atom stereocenters. The Labute approximate surface area is 128 Å². The van der Waals surface area contributed by atoms with Gasteiger partial charge >= 0.3 is 12.1 Å². The second-order valence-corrected chi connectivity index (χ2v) is 5.87. The second-order valence-electron chi connectivity index (χ2n) is 5.87. The van der Waals surface area contributed by atoms with Crippen molar-refractivity contribution in [2.45, 2.75) is 37.5 Å². The third-order valence-electron chi connectivity index (χ3n) is 4.37. The first-order valence-corrected chi connectivity index (χ1v) is 7.44. The topological polar surface area (TPSA) is 76.1 Å². The minimum Gasteiger partial charge on any atom is -0.480 e. The Morgan fingerprint density at radius 1 is 1.32 bits per heavy atom. The number of nitrogens with zero attached hydrogens (tertiary/aromatic N) is 1. The molecule has 1 N–H and O–H groups in total. The van der Waals surface area contributed by atoms with Crippen LogP contribution in [0.4, 0.5) is 4.79 Å². The number of rotatable bonds is 3. The zero-order valence-electron chi connectivity index (χ0n) is 12.2. The van der Waals surface area contributed by atoms with E-state index in [9.17, 15) is 14.7 Å². The maximum Gasteiger partial charge on any atom is 0.411 e. The monoisotopic (exact) mass is 305 g/mol. The molecule has 6 heteroatoms. The molecule has 1 aromatic carbocycles. The molecule has 6 nitrogen and oxygen atoms in total. The highest BCUT2D eigenvalue weighted by Gasteiger charge is 2.48. The summed E-state index contributed by atoms with van der Waals surface area (Å²) >= 11 is 0. The van der Waals surface area contributed by atoms with Crippen LogP contribution in [0.5, 0.6) is 0 Å². The average molecular weight is 305 g/mol. The fourth-order valence-electron chi connectivity index (χ4n) is 2.88. The first-order chi connectivity index (χ1) is 10.6. The van der Waals surface area contributed by atoms with Gasteiger partial charge in [-0.2, -0.15) is 0 Å². The summed E-state index contributed by atoms with van der Waals surface area (Å²) in [6, 6.07) is 8.34. The van der Waals surface area contributed by atoms with Crippen molar-refractivity contribution < 1.29 is 24.2 Å². The number of morpholine rings is 1. The normalized spacial score (nSPS) is 22.9. The summed E-state index contributed by atoms with van der Waals surface area (Å²) in [5, 5.41) is 9.27. The zero-order chi connectivity index (χ0) is 15.6. The molecular weight excluding hydrogens is 286 g/mol. The minimum atomic E-state index is -1.06. The molecule has 0 aromatic heterocycles. The van der Waals surface area contributed by atoms with E-state index < -0.39 is 18.1 Å². The lowest BCUT2D eigenvalue weighted by Gasteiger charge is -2.49. The molecule has 22 heavy (non-hydrogen) atoms. The van der Waals surface area contributed by atoms with E-state index in [-0.39, 0.29) is 25.4 Å². The first-order valence-electron chi connectivity index (χ1n) is 7.44. The Balaban J connectivity index is 1.65. The van der Waals surface area contributed by atoms with Crippen LogP contribution >= 0.6 is 0 Å². The fraction of sp³-hybridized carbons (Fsp3) is 0.500. The van der Waals surface area contributed by atoms with E-state index in [4.69, 9.17) is 9.47 Å². The van der Waals surface area contributed by atoms with Crippen molar-refractivity contribution in [2.24, 2.45) is 0 Å². The predicted molar refractivity (Wildman–Crippen MR) is 77.3 cm³/mol. The molecule has 1 atom stereocenters. The maximum absolute atomic E-state index is 12.3. The fourth-order valence-corrected chi connectivity index (χ4v) is 2.88. The molecule has 1 aliphatic heterocycles. The lowest BCUT2D eigenvalue weighted by molar-refractivity contribution is -0.180. The molecular formula is C16H19NO5. The van der Waals surface area contributed by atoms with Gasteiger partial charge in [0, 0.05) is 0 Å². The summed E-state index contributed by atoms with van der Waals surface area (Å²) < 4.78 is 11.0. The molecule has 1 amide bonds. The summed E-state index contributed by atoms with van der Waals surface area (Å²) in [5.74, 6) is -1.06. The van der Waals surface area contributed by atoms with Crippen LogP contribution in [0.1, 0.15) is 24.8 Å². The number of carbonyl (C=O) groups is 2. The predicted octanol–water partition coefficient (Wildman–Crippen LogP) is 2.03. The summed E-state index contributed by atoms with van der Waals surface area (Å²) in [5.41, 5.74) is 0.506. The summed E-state index contributed by atoms with van der Waals surface area (Å²) in [7, 11) is 0. The van der Waals surface area contributed by atoms with Gasteiger partial charge in [-0.1, -0.05) is 30.3 Å². The number of benzene rings is 1. The smallest absolute Gasteiger partial charge is 0.411 e. The van der Waals surface area contributed by atoms with Crippen molar-refractivity contribution in [1.82, 2.24) is 4.90 Å². The van der Waals surface area contributed by atoms with Crippen molar-refractivity contribution in [3.8, 4) is 0 Å². The van der Waals surface area contributed by atoms with Crippen LogP contribution in [0.2, 0.25) is 0 Å². The van der Waals surface area contributed by atoms with Gasteiger partial charge in [0.15, 0.2) is 6.04 Å². The SMILES string of the molecule is O=C(O)C1COC2(CCC2)CN1C(=O)OCc1ccccc1. The number of hydrogen-bond donors (Lipinski definition) is 1. The van der Waals surface area contributed by atoms with Gasteiger partial charge in [0.05, 0.1) is 18.8 Å². The molecule has 0 bridgehead atoms. The van der Waals surface area contributed by atoms with Crippen molar-refractivity contribution in [3.05, 3.63) is 35.9 Å². The number of aliphatic carboxylic acids is 1. The number of amides is 1. The first kappa shape index (κ1) is 14.8. The molecule has 1 saturated carbocycles. The number of carboxylic acid groups (broad SMARTS) is 1. The highest BCUT2D eigenvalue weighted by atomic mass is 16.6. The Morgan fingerprint density at radius 3 is 2.64 bits per heavy atom. The van der Waals surface area contributed by atoms with Gasteiger partial charge in [0.2, 0.25) is 0 Å². The van der Waals surface area contributed by atoms with Crippen LogP contribution in [0, 0.1) is 0 Å². The highest BCUT2D eigenvalue weighted by Crippen LogP contribution is 2.39. The van der Waals surface area contributed by atoms with Gasteiger partial charge in [-0.05, 0) is 24.8 Å². The van der Waals surface area contributed by atoms with Crippen molar-refractivity contribution >= 4 is 12.1 Å². The Bertz CT molecular complexity index is 555. The second kappa shape index (κ2) is 5.96. The Kier molecular flexibility index (Phi) is 4.02. The number of ether oxygens (including phenoxy) is 2. The van der Waals surface area contributed by atoms with Gasteiger partial charge in [0.1, 0.15) is 6.61 Å². The number of carbonyl (C=O) groups excluding carboxylic acids is 1. The van der Waals surface area contributed by atoms with E-state index in [0.717, 1.165) is 24.8 Å². The third-order valence-corrected chi connectivity index (χ3v) is 4.37. The summed E-state index contributed by atoms with van der Waals surface area (Å²) in [6.07, 6.45) is 2.18. The van der Waals surface area contributed by atoms with Crippen molar-refractivity contribution in [3.63, 3.8) is 0 Å². The minimum absolute atomic E-state index is 0.0236. The average Bonchev–Trinajstić information content (AvgIpc) is 2.51. The van der Waals surface area contributed by atoms with E-state index in [1.165, 1.54) is 4.90 Å². The molecule has 1 spiro atoms. The lowest BCUT2D eigenvalue weighted by Crippen LogP contribution is -2.63. The van der Waals surface area contributed by atoms with Gasteiger partial charge in [-0.25, -0.2) is 9.59 Å². The molecule has 0 radical (unpaired) electrons. The van der Waals surface area contributed by atoms with Crippen LogP contribution in [-0.4, -0.2) is 46.9 Å². The lowest BCUT2D eigenvalue weighted by atomic mass is 9.78. The van der Waals surface area contributed by atoms with Gasteiger partial charge in [-0.15, -0.1) is 0 Å². The molecule has 118 valence electrons. The summed E-state index contributed by atoms with van der Waals surface area (Å²) in [4.78, 5) is 24.9. The Hall–Kier alpha value is -2.08. The molecule has 1 heterocycles. The zero-order valence-corrected chi connectivity index (χ0v) is 12.2. The van der Waals surface area contributed by atoms with Crippen LogP contribution in [0.25, 0.3) is 0 Å². The quantitative estimate of drug-likeness (QED) is 0.924. The van der Waals surface area contributed by atoms with E-state index >= 15 is 0 Å². The van der Waals surface area contributed by atoms with Gasteiger partial charge in [-0.3, -0.25) is 4.90 Å². The van der Waals surface area contributed by atoms with E-state index in [2.05, 4.69) is 0 Å². The highest BCUT2D eigenvalue weighted by molar-refractivity contribution is 5.80. The maximum atomic E-state index is 12.3.